The van der Waals surface area contributed by atoms with E-state index in [-0.39, 0.29) is 10.7 Å². The number of hydrazone groups is 1. The van der Waals surface area contributed by atoms with Crippen LogP contribution in [0.3, 0.4) is 0 Å². The number of hydrogen-bond acceptors (Lipinski definition) is 7. The van der Waals surface area contributed by atoms with Crippen molar-refractivity contribution in [2.45, 2.75) is 0 Å². The molecule has 2 aromatic carbocycles. The number of carbonyl (C=O) groups is 2. The summed E-state index contributed by atoms with van der Waals surface area (Å²) in [6.45, 7) is 0. The maximum atomic E-state index is 12.3. The second-order valence-electron chi connectivity index (χ2n) is 6.22. The van der Waals surface area contributed by atoms with Crippen LogP contribution in [0.1, 0.15) is 16.1 Å². The highest BCUT2D eigenvalue weighted by atomic mass is 79.9. The van der Waals surface area contributed by atoms with Crippen LogP contribution in [-0.4, -0.2) is 41.8 Å². The third kappa shape index (κ3) is 5.84. The Labute approximate surface area is 185 Å². The monoisotopic (exact) mass is 487 g/mol. The highest BCUT2D eigenvalue weighted by Gasteiger charge is 2.18. The molecular weight excluding hydrogens is 470 g/mol. The Morgan fingerprint density at radius 3 is 2.43 bits per heavy atom. The van der Waals surface area contributed by atoms with E-state index in [0.29, 0.717) is 5.69 Å². The summed E-state index contributed by atoms with van der Waals surface area (Å²) in [4.78, 5) is 26.5. The Hall–Kier alpha value is -3.31. The third-order valence-corrected chi connectivity index (χ3v) is 4.99. The first kappa shape index (κ1) is 21.4. The first-order valence-electron chi connectivity index (χ1n) is 8.69. The second kappa shape index (κ2) is 9.94. The van der Waals surface area contributed by atoms with Gasteiger partial charge in [-0.15, -0.1) is 5.10 Å². The van der Waals surface area contributed by atoms with Crippen molar-refractivity contribution in [3.05, 3.63) is 64.3 Å². The van der Waals surface area contributed by atoms with E-state index in [4.69, 9.17) is 0 Å². The summed E-state index contributed by atoms with van der Waals surface area (Å²) >= 11 is 4.22. The van der Waals surface area contributed by atoms with Gasteiger partial charge < -0.3 is 10.2 Å². The van der Waals surface area contributed by atoms with Gasteiger partial charge in [0.2, 0.25) is 0 Å². The predicted molar refractivity (Wildman–Crippen MR) is 123 cm³/mol. The van der Waals surface area contributed by atoms with Crippen LogP contribution < -0.4 is 21.0 Å². The van der Waals surface area contributed by atoms with Crippen LogP contribution >= 0.6 is 27.5 Å². The largest absolute Gasteiger partial charge is 0.378 e. The predicted octanol–water partition coefficient (Wildman–Crippen LogP) is 3.77. The Morgan fingerprint density at radius 1 is 1.07 bits per heavy atom. The minimum Gasteiger partial charge on any atom is -0.378 e. The summed E-state index contributed by atoms with van der Waals surface area (Å²) in [5.41, 5.74) is 4.85. The van der Waals surface area contributed by atoms with Crippen molar-refractivity contribution in [1.29, 1.82) is 0 Å². The van der Waals surface area contributed by atoms with Crippen LogP contribution in [0, 0.1) is 0 Å². The molecule has 9 nitrogen and oxygen atoms in total. The van der Waals surface area contributed by atoms with Crippen LogP contribution in [-0.2, 0) is 0 Å². The zero-order valence-corrected chi connectivity index (χ0v) is 18.5. The van der Waals surface area contributed by atoms with Gasteiger partial charge in [0.05, 0.1) is 6.21 Å². The van der Waals surface area contributed by atoms with Crippen molar-refractivity contribution >= 4 is 62.0 Å². The number of rotatable bonds is 6. The lowest BCUT2D eigenvalue weighted by Gasteiger charge is -2.11. The molecule has 0 atom stereocenters. The SMILES string of the molecule is CN(C)c1ccc(/C=N/NC(=O)c2nnsc2NC(=O)Nc2ccc(Br)cc2)cc1. The molecule has 0 saturated heterocycles. The highest BCUT2D eigenvalue weighted by molar-refractivity contribution is 9.10. The molecule has 30 heavy (non-hydrogen) atoms. The van der Waals surface area contributed by atoms with Gasteiger partial charge in [-0.3, -0.25) is 10.1 Å². The maximum Gasteiger partial charge on any atom is 0.324 e. The molecule has 3 amide bonds. The van der Waals surface area contributed by atoms with Crippen LogP contribution in [0.15, 0.2) is 58.1 Å². The summed E-state index contributed by atoms with van der Waals surface area (Å²) in [5, 5.41) is 13.2. The van der Waals surface area contributed by atoms with E-state index >= 15 is 0 Å². The van der Waals surface area contributed by atoms with Gasteiger partial charge in [-0.05, 0) is 42.0 Å². The summed E-state index contributed by atoms with van der Waals surface area (Å²) in [7, 11) is 3.91. The molecule has 11 heteroatoms. The zero-order chi connectivity index (χ0) is 21.5. The molecule has 3 rings (SSSR count). The molecule has 0 aliphatic heterocycles. The zero-order valence-electron chi connectivity index (χ0n) is 16.1. The lowest BCUT2D eigenvalue weighted by atomic mass is 10.2. The first-order chi connectivity index (χ1) is 14.4. The van der Waals surface area contributed by atoms with Crippen molar-refractivity contribution in [3.8, 4) is 0 Å². The average molecular weight is 488 g/mol. The van der Waals surface area contributed by atoms with Crippen LogP contribution in [0.25, 0.3) is 0 Å². The lowest BCUT2D eigenvalue weighted by Crippen LogP contribution is -2.23. The number of benzene rings is 2. The standard InChI is InChI=1S/C19H18BrN7O2S/c1-27(2)15-9-3-12(4-10-15)11-21-25-17(28)16-18(30-26-24-16)23-19(29)22-14-7-5-13(20)6-8-14/h3-11H,1-2H3,(H,25,28)(H2,22,23,29)/b21-11+. The normalized spacial score (nSPS) is 10.6. The van der Waals surface area contributed by atoms with Gasteiger partial charge in [0.25, 0.3) is 5.91 Å². The Morgan fingerprint density at radius 2 is 1.77 bits per heavy atom. The number of urea groups is 1. The van der Waals surface area contributed by atoms with Crippen molar-refractivity contribution in [2.24, 2.45) is 5.10 Å². The molecule has 0 fully saturated rings. The van der Waals surface area contributed by atoms with Crippen LogP contribution in [0.2, 0.25) is 0 Å². The van der Waals surface area contributed by atoms with Gasteiger partial charge >= 0.3 is 6.03 Å². The molecule has 0 spiro atoms. The number of nitrogens with one attached hydrogen (secondary N) is 3. The number of carbonyl (C=O) groups excluding carboxylic acids is 2. The van der Waals surface area contributed by atoms with Crippen molar-refractivity contribution in [2.75, 3.05) is 29.6 Å². The Bertz CT molecular complexity index is 1050. The van der Waals surface area contributed by atoms with E-state index in [9.17, 15) is 9.59 Å². The fourth-order valence-corrected chi connectivity index (χ4v) is 3.12. The highest BCUT2D eigenvalue weighted by Crippen LogP contribution is 2.19. The summed E-state index contributed by atoms with van der Waals surface area (Å²) in [6, 6.07) is 14.2. The second-order valence-corrected chi connectivity index (χ2v) is 7.89. The van der Waals surface area contributed by atoms with Crippen molar-refractivity contribution < 1.29 is 9.59 Å². The number of nitrogens with zero attached hydrogens (tertiary/aromatic N) is 4. The number of halogens is 1. The van der Waals surface area contributed by atoms with E-state index in [0.717, 1.165) is 27.3 Å². The smallest absolute Gasteiger partial charge is 0.324 e. The van der Waals surface area contributed by atoms with Gasteiger partial charge in [-0.1, -0.05) is 32.6 Å². The van der Waals surface area contributed by atoms with Gasteiger partial charge in [0.15, 0.2) is 10.7 Å². The van der Waals surface area contributed by atoms with Gasteiger partial charge in [-0.2, -0.15) is 5.10 Å². The molecule has 154 valence electrons. The molecule has 0 aliphatic rings. The van der Waals surface area contributed by atoms with E-state index in [1.165, 1.54) is 6.21 Å². The Balaban J connectivity index is 1.57. The number of amides is 3. The third-order valence-electron chi connectivity index (χ3n) is 3.82. The van der Waals surface area contributed by atoms with Gasteiger partial charge in [-0.25, -0.2) is 10.2 Å². The van der Waals surface area contributed by atoms with Gasteiger partial charge in [0, 0.05) is 41.5 Å². The molecule has 0 bridgehead atoms. The molecule has 0 radical (unpaired) electrons. The minimum absolute atomic E-state index is 0.0222. The molecule has 3 aromatic rings. The van der Waals surface area contributed by atoms with Crippen LogP contribution in [0.4, 0.5) is 21.2 Å². The summed E-state index contributed by atoms with van der Waals surface area (Å²) < 4.78 is 4.63. The van der Waals surface area contributed by atoms with E-state index in [2.05, 4.69) is 46.7 Å². The van der Waals surface area contributed by atoms with E-state index in [1.54, 1.807) is 24.3 Å². The number of anilines is 3. The molecule has 3 N–H and O–H groups in total. The quantitative estimate of drug-likeness (QED) is 0.361. The molecule has 1 heterocycles. The molecule has 0 unspecified atom stereocenters. The van der Waals surface area contributed by atoms with Gasteiger partial charge in [0.1, 0.15) is 0 Å². The number of aromatic nitrogens is 2. The number of hydrogen-bond donors (Lipinski definition) is 3. The van der Waals surface area contributed by atoms with Crippen molar-refractivity contribution in [1.82, 2.24) is 15.0 Å². The molecule has 1 aromatic heterocycles. The average Bonchev–Trinajstić information content (AvgIpc) is 3.18. The van der Waals surface area contributed by atoms with Crippen molar-refractivity contribution in [3.63, 3.8) is 0 Å². The first-order valence-corrected chi connectivity index (χ1v) is 10.3. The fourth-order valence-electron chi connectivity index (χ4n) is 2.30. The summed E-state index contributed by atoms with van der Waals surface area (Å²) in [6.07, 6.45) is 1.52. The maximum absolute atomic E-state index is 12.3. The molecular formula is C19H18BrN7O2S. The molecule has 0 aliphatic carbocycles. The van der Waals surface area contributed by atoms with E-state index < -0.39 is 11.9 Å². The molecule has 0 saturated carbocycles. The minimum atomic E-state index is -0.580. The topological polar surface area (TPSA) is 112 Å². The van der Waals surface area contributed by atoms with Crippen LogP contribution in [0.5, 0.6) is 0 Å². The Kier molecular flexibility index (Phi) is 7.09. The van der Waals surface area contributed by atoms with E-state index in [1.807, 2.05) is 43.3 Å². The lowest BCUT2D eigenvalue weighted by molar-refractivity contribution is 0.0951. The summed E-state index contributed by atoms with van der Waals surface area (Å²) in [5.74, 6) is -0.580. The fraction of sp³-hybridized carbons (Fsp3) is 0.105.